The number of ketones is 1. The summed E-state index contributed by atoms with van der Waals surface area (Å²) >= 11 is 0. The number of hydrogen-bond acceptors (Lipinski definition) is 3. The predicted molar refractivity (Wildman–Crippen MR) is 108 cm³/mol. The van der Waals surface area contributed by atoms with Gasteiger partial charge in [0, 0.05) is 11.1 Å². The Morgan fingerprint density at radius 2 is 1.67 bits per heavy atom. The van der Waals surface area contributed by atoms with Gasteiger partial charge in [0.25, 0.3) is 0 Å². The van der Waals surface area contributed by atoms with Crippen LogP contribution in [0.1, 0.15) is 77.9 Å². The Labute approximate surface area is 161 Å². The number of hydrogen-bond donors (Lipinski definition) is 0. The Morgan fingerprint density at radius 3 is 2.30 bits per heavy atom. The SMILES string of the molecule is Cc1cc(C=O)ccc1OCC(=O)c1ccc2c(c1)C(C)(C)CCC2(C)C. The quantitative estimate of drug-likeness (QED) is 0.526. The maximum Gasteiger partial charge on any atom is 0.200 e. The van der Waals surface area contributed by atoms with Crippen LogP contribution in [0.3, 0.4) is 0 Å². The molecule has 0 bridgehead atoms. The van der Waals surface area contributed by atoms with E-state index in [2.05, 4.69) is 39.8 Å². The zero-order chi connectivity index (χ0) is 19.8. The van der Waals surface area contributed by atoms with E-state index < -0.39 is 0 Å². The van der Waals surface area contributed by atoms with Gasteiger partial charge in [-0.2, -0.15) is 0 Å². The van der Waals surface area contributed by atoms with Crippen molar-refractivity contribution >= 4 is 12.1 Å². The van der Waals surface area contributed by atoms with Gasteiger partial charge in [-0.25, -0.2) is 0 Å². The van der Waals surface area contributed by atoms with E-state index in [0.29, 0.717) is 16.9 Å². The molecule has 0 unspecified atom stereocenters. The Kier molecular flexibility index (Phi) is 4.98. The number of carbonyl (C=O) groups is 2. The maximum atomic E-state index is 12.7. The van der Waals surface area contributed by atoms with Crippen molar-refractivity contribution in [3.8, 4) is 5.75 Å². The molecule has 142 valence electrons. The Bertz CT molecular complexity index is 890. The lowest BCUT2D eigenvalue weighted by Gasteiger charge is -2.42. The molecule has 0 aromatic heterocycles. The van der Waals surface area contributed by atoms with Crippen molar-refractivity contribution in [2.24, 2.45) is 0 Å². The molecule has 0 amide bonds. The molecular weight excluding hydrogens is 336 g/mol. The topological polar surface area (TPSA) is 43.4 Å². The van der Waals surface area contributed by atoms with Crippen LogP contribution in [0.4, 0.5) is 0 Å². The second kappa shape index (κ2) is 6.95. The fraction of sp³-hybridized carbons (Fsp3) is 0.417. The Balaban J connectivity index is 1.81. The Hall–Kier alpha value is -2.42. The van der Waals surface area contributed by atoms with Crippen LogP contribution >= 0.6 is 0 Å². The van der Waals surface area contributed by atoms with Crippen molar-refractivity contribution in [3.05, 3.63) is 64.2 Å². The van der Waals surface area contributed by atoms with Crippen molar-refractivity contribution in [3.63, 3.8) is 0 Å². The van der Waals surface area contributed by atoms with E-state index in [1.807, 2.05) is 13.0 Å². The lowest BCUT2D eigenvalue weighted by Crippen LogP contribution is -2.34. The zero-order valence-electron chi connectivity index (χ0n) is 16.9. The smallest absolute Gasteiger partial charge is 0.200 e. The fourth-order valence-corrected chi connectivity index (χ4v) is 3.90. The van der Waals surface area contributed by atoms with Crippen molar-refractivity contribution < 1.29 is 14.3 Å². The number of rotatable bonds is 5. The summed E-state index contributed by atoms with van der Waals surface area (Å²) < 4.78 is 5.72. The summed E-state index contributed by atoms with van der Waals surface area (Å²) in [6.07, 6.45) is 3.07. The second-order valence-electron chi connectivity index (χ2n) is 8.88. The average molecular weight is 364 g/mol. The standard InChI is InChI=1S/C24H28O3/c1-16-12-17(14-25)6-9-22(16)27-15-21(26)18-7-8-19-20(13-18)24(4,5)11-10-23(19,2)3/h6-9,12-14H,10-11,15H2,1-5H3. The van der Waals surface area contributed by atoms with E-state index in [-0.39, 0.29) is 23.2 Å². The normalized spacial score (nSPS) is 17.1. The zero-order valence-corrected chi connectivity index (χ0v) is 16.9. The van der Waals surface area contributed by atoms with E-state index in [4.69, 9.17) is 4.74 Å². The van der Waals surface area contributed by atoms with Crippen LogP contribution in [0.15, 0.2) is 36.4 Å². The molecule has 3 rings (SSSR count). The van der Waals surface area contributed by atoms with Crippen LogP contribution in [-0.4, -0.2) is 18.7 Å². The van der Waals surface area contributed by atoms with E-state index in [9.17, 15) is 9.59 Å². The number of aldehydes is 1. The molecule has 0 radical (unpaired) electrons. The summed E-state index contributed by atoms with van der Waals surface area (Å²) in [5.41, 5.74) is 4.98. The minimum absolute atomic E-state index is 0.0100. The molecule has 0 fully saturated rings. The van der Waals surface area contributed by atoms with Gasteiger partial charge >= 0.3 is 0 Å². The van der Waals surface area contributed by atoms with Gasteiger partial charge in [-0.15, -0.1) is 0 Å². The first-order valence-electron chi connectivity index (χ1n) is 9.51. The largest absolute Gasteiger partial charge is 0.485 e. The number of aryl methyl sites for hydroxylation is 1. The van der Waals surface area contributed by atoms with E-state index >= 15 is 0 Å². The van der Waals surface area contributed by atoms with Gasteiger partial charge < -0.3 is 4.74 Å². The molecule has 0 spiro atoms. The number of Topliss-reactive ketones (excluding diaryl/α,β-unsaturated/α-hetero) is 1. The number of fused-ring (bicyclic) bond motifs is 1. The fourth-order valence-electron chi connectivity index (χ4n) is 3.90. The van der Waals surface area contributed by atoms with Gasteiger partial charge in [-0.1, -0.05) is 39.8 Å². The van der Waals surface area contributed by atoms with E-state index in [0.717, 1.165) is 24.7 Å². The van der Waals surface area contributed by atoms with Crippen molar-refractivity contribution in [1.82, 2.24) is 0 Å². The predicted octanol–water partition coefficient (Wildman–Crippen LogP) is 5.42. The highest BCUT2D eigenvalue weighted by molar-refractivity contribution is 5.97. The first kappa shape index (κ1) is 19.3. The summed E-state index contributed by atoms with van der Waals surface area (Å²) in [4.78, 5) is 23.6. The summed E-state index contributed by atoms with van der Waals surface area (Å²) in [6, 6.07) is 11.3. The van der Waals surface area contributed by atoms with Crippen LogP contribution in [-0.2, 0) is 10.8 Å². The number of benzene rings is 2. The second-order valence-corrected chi connectivity index (χ2v) is 8.88. The Morgan fingerprint density at radius 1 is 1.00 bits per heavy atom. The van der Waals surface area contributed by atoms with E-state index in [1.165, 1.54) is 11.1 Å². The van der Waals surface area contributed by atoms with Crippen molar-refractivity contribution in [1.29, 1.82) is 0 Å². The molecule has 1 aliphatic rings. The molecule has 0 atom stereocenters. The molecule has 0 aliphatic heterocycles. The first-order chi connectivity index (χ1) is 12.6. The molecule has 1 aliphatic carbocycles. The average Bonchev–Trinajstić information content (AvgIpc) is 2.64. The molecule has 0 N–H and O–H groups in total. The minimum Gasteiger partial charge on any atom is -0.485 e. The molecule has 3 nitrogen and oxygen atoms in total. The molecule has 2 aromatic rings. The maximum absolute atomic E-state index is 12.7. The van der Waals surface area contributed by atoms with Crippen LogP contribution in [0.2, 0.25) is 0 Å². The van der Waals surface area contributed by atoms with Crippen LogP contribution in [0.25, 0.3) is 0 Å². The third-order valence-electron chi connectivity index (χ3n) is 5.87. The van der Waals surface area contributed by atoms with Crippen LogP contribution in [0, 0.1) is 6.92 Å². The number of carbonyl (C=O) groups excluding carboxylic acids is 2. The van der Waals surface area contributed by atoms with Crippen LogP contribution < -0.4 is 4.74 Å². The van der Waals surface area contributed by atoms with Crippen LogP contribution in [0.5, 0.6) is 5.75 Å². The molecule has 27 heavy (non-hydrogen) atoms. The monoisotopic (exact) mass is 364 g/mol. The summed E-state index contributed by atoms with van der Waals surface area (Å²) in [5, 5.41) is 0. The van der Waals surface area contributed by atoms with Gasteiger partial charge in [0.05, 0.1) is 0 Å². The summed E-state index contributed by atoms with van der Waals surface area (Å²) in [6.45, 7) is 10.9. The number of ether oxygens (including phenoxy) is 1. The molecule has 0 heterocycles. The van der Waals surface area contributed by atoms with Gasteiger partial charge in [0.2, 0.25) is 0 Å². The van der Waals surface area contributed by atoms with Gasteiger partial charge in [-0.3, -0.25) is 9.59 Å². The van der Waals surface area contributed by atoms with Gasteiger partial charge in [-0.05, 0) is 71.6 Å². The summed E-state index contributed by atoms with van der Waals surface area (Å²) in [7, 11) is 0. The highest BCUT2D eigenvalue weighted by Crippen LogP contribution is 2.45. The van der Waals surface area contributed by atoms with Gasteiger partial charge in [0.1, 0.15) is 12.0 Å². The van der Waals surface area contributed by atoms with Gasteiger partial charge in [0.15, 0.2) is 12.4 Å². The molecule has 0 saturated heterocycles. The highest BCUT2D eigenvalue weighted by Gasteiger charge is 2.37. The lowest BCUT2D eigenvalue weighted by molar-refractivity contribution is 0.0920. The van der Waals surface area contributed by atoms with Crippen molar-refractivity contribution in [2.75, 3.05) is 6.61 Å². The summed E-state index contributed by atoms with van der Waals surface area (Å²) in [5.74, 6) is 0.601. The third kappa shape index (κ3) is 3.83. The first-order valence-corrected chi connectivity index (χ1v) is 9.51. The highest BCUT2D eigenvalue weighted by atomic mass is 16.5. The molecular formula is C24H28O3. The van der Waals surface area contributed by atoms with Crippen molar-refractivity contribution in [2.45, 2.75) is 58.3 Å². The van der Waals surface area contributed by atoms with E-state index in [1.54, 1.807) is 18.2 Å². The third-order valence-corrected chi connectivity index (χ3v) is 5.87. The minimum atomic E-state index is -0.0316. The molecule has 0 saturated carbocycles. The molecule has 2 aromatic carbocycles. The molecule has 3 heteroatoms. The lowest BCUT2D eigenvalue weighted by atomic mass is 9.63.